The van der Waals surface area contributed by atoms with E-state index in [-0.39, 0.29) is 11.0 Å². The minimum absolute atomic E-state index is 0.286. The van der Waals surface area contributed by atoms with Crippen LogP contribution < -0.4 is 0 Å². The topological polar surface area (TPSA) is 3.24 Å². The summed E-state index contributed by atoms with van der Waals surface area (Å²) in [5.74, 6) is 0. The third-order valence-electron chi connectivity index (χ3n) is 4.22. The summed E-state index contributed by atoms with van der Waals surface area (Å²) in [6.07, 6.45) is 2.39. The minimum atomic E-state index is 0.286. The molecule has 0 aliphatic heterocycles. The van der Waals surface area contributed by atoms with Gasteiger partial charge in [0.05, 0.1) is 0 Å². The Kier molecular flexibility index (Phi) is 2.62. The maximum absolute atomic E-state index is 2.38. The summed E-state index contributed by atoms with van der Waals surface area (Å²) in [7, 11) is 4.40. The second-order valence-corrected chi connectivity index (χ2v) is 6.29. The lowest BCUT2D eigenvalue weighted by atomic mass is 9.65. The van der Waals surface area contributed by atoms with Crippen LogP contribution in [0.1, 0.15) is 38.3 Å². The van der Waals surface area contributed by atoms with Gasteiger partial charge in [-0.3, -0.25) is 0 Å². The maximum atomic E-state index is 2.38. The second kappa shape index (κ2) is 3.59. The summed E-state index contributed by atoms with van der Waals surface area (Å²) in [5.41, 5.74) is 3.63. The number of nitrogens with zero attached hydrogens (tertiary/aromatic N) is 1. The Balaban J connectivity index is 2.48. The van der Waals surface area contributed by atoms with E-state index >= 15 is 0 Å². The summed E-state index contributed by atoms with van der Waals surface area (Å²) in [6.45, 7) is 7.12. The van der Waals surface area contributed by atoms with Crippen molar-refractivity contribution in [1.82, 2.24) is 4.90 Å². The van der Waals surface area contributed by atoms with Gasteiger partial charge in [0.25, 0.3) is 0 Å². The number of fused-ring (bicyclic) bond motifs is 1. The van der Waals surface area contributed by atoms with Gasteiger partial charge in [0.15, 0.2) is 0 Å². The van der Waals surface area contributed by atoms with Gasteiger partial charge in [0, 0.05) is 5.54 Å². The highest BCUT2D eigenvalue weighted by Crippen LogP contribution is 2.42. The number of benzene rings is 1. The highest BCUT2D eigenvalue weighted by atomic mass is 15.1. The smallest absolute Gasteiger partial charge is 0.0224 e. The third-order valence-corrected chi connectivity index (χ3v) is 4.22. The van der Waals surface area contributed by atoms with Crippen molar-refractivity contribution in [1.29, 1.82) is 0 Å². The van der Waals surface area contributed by atoms with Crippen molar-refractivity contribution < 1.29 is 0 Å². The largest absolute Gasteiger partial charge is 0.304 e. The van der Waals surface area contributed by atoms with E-state index in [1.165, 1.54) is 24.0 Å². The van der Waals surface area contributed by atoms with Gasteiger partial charge in [0.1, 0.15) is 0 Å². The van der Waals surface area contributed by atoms with Gasteiger partial charge in [0.2, 0.25) is 0 Å². The molecule has 0 saturated carbocycles. The van der Waals surface area contributed by atoms with Crippen LogP contribution in [-0.2, 0) is 11.8 Å². The highest BCUT2D eigenvalue weighted by Gasteiger charge is 2.40. The molecule has 2 rings (SSSR count). The van der Waals surface area contributed by atoms with Gasteiger partial charge in [-0.1, -0.05) is 38.1 Å². The van der Waals surface area contributed by atoms with Crippen LogP contribution in [0.3, 0.4) is 0 Å². The number of likely N-dealkylation sites (N-methyl/N-ethyl adjacent to an activating group) is 1. The quantitative estimate of drug-likeness (QED) is 0.698. The number of rotatable bonds is 1. The predicted molar refractivity (Wildman–Crippen MR) is 69.9 cm³/mol. The van der Waals surface area contributed by atoms with Gasteiger partial charge in [-0.15, -0.1) is 0 Å². The predicted octanol–water partition coefficient (Wildman–Crippen LogP) is 3.23. The second-order valence-electron chi connectivity index (χ2n) is 6.29. The van der Waals surface area contributed by atoms with Gasteiger partial charge >= 0.3 is 0 Å². The molecule has 16 heavy (non-hydrogen) atoms. The first-order valence-electron chi connectivity index (χ1n) is 6.11. The van der Waals surface area contributed by atoms with Gasteiger partial charge < -0.3 is 4.90 Å². The van der Waals surface area contributed by atoms with E-state index in [9.17, 15) is 0 Å². The van der Waals surface area contributed by atoms with E-state index in [4.69, 9.17) is 0 Å². The molecule has 1 heteroatoms. The van der Waals surface area contributed by atoms with Crippen molar-refractivity contribution in [2.45, 2.75) is 44.6 Å². The van der Waals surface area contributed by atoms with Crippen molar-refractivity contribution >= 4 is 0 Å². The molecule has 1 atom stereocenters. The molecule has 0 aromatic heterocycles. The molecule has 0 spiro atoms. The summed E-state index contributed by atoms with van der Waals surface area (Å²) in [5, 5.41) is 0. The van der Waals surface area contributed by atoms with Crippen LogP contribution in [0.15, 0.2) is 24.3 Å². The standard InChI is InChI=1S/C15H23N/c1-14(2)11-15(3,16(4)5)10-12-8-6-7-9-13(12)14/h6-9H,10-11H2,1-5H3/t15-/m0/s1. The zero-order valence-corrected chi connectivity index (χ0v) is 11.2. The molecular formula is C15H23N. The fourth-order valence-electron chi connectivity index (χ4n) is 3.17. The molecule has 0 N–H and O–H groups in total. The van der Waals surface area contributed by atoms with Crippen molar-refractivity contribution in [3.8, 4) is 0 Å². The van der Waals surface area contributed by atoms with Gasteiger partial charge in [-0.05, 0) is 50.4 Å². The van der Waals surface area contributed by atoms with Crippen LogP contribution in [0.5, 0.6) is 0 Å². The fourth-order valence-corrected chi connectivity index (χ4v) is 3.17. The highest BCUT2D eigenvalue weighted by molar-refractivity contribution is 5.38. The SMILES string of the molecule is CN(C)[C@@]1(C)Cc2ccccc2C(C)(C)C1. The first-order valence-corrected chi connectivity index (χ1v) is 6.11. The molecule has 0 unspecified atom stereocenters. The molecule has 88 valence electrons. The van der Waals surface area contributed by atoms with Gasteiger partial charge in [-0.25, -0.2) is 0 Å². The minimum Gasteiger partial charge on any atom is -0.304 e. The normalized spacial score (nSPS) is 27.9. The lowest BCUT2D eigenvalue weighted by Crippen LogP contribution is -2.50. The Bertz CT molecular complexity index is 392. The lowest BCUT2D eigenvalue weighted by Gasteiger charge is -2.47. The van der Waals surface area contributed by atoms with E-state index in [0.29, 0.717) is 0 Å². The molecular weight excluding hydrogens is 194 g/mol. The van der Waals surface area contributed by atoms with Crippen LogP contribution in [0.4, 0.5) is 0 Å². The fraction of sp³-hybridized carbons (Fsp3) is 0.600. The zero-order valence-electron chi connectivity index (χ0n) is 11.2. The van der Waals surface area contributed by atoms with E-state index in [2.05, 4.69) is 64.0 Å². The Hall–Kier alpha value is -0.820. The molecule has 1 aliphatic carbocycles. The molecule has 0 amide bonds. The molecule has 1 nitrogen and oxygen atoms in total. The monoisotopic (exact) mass is 217 g/mol. The first kappa shape index (κ1) is 11.7. The van der Waals surface area contributed by atoms with E-state index in [0.717, 1.165) is 0 Å². The Morgan fingerprint density at radius 2 is 1.69 bits per heavy atom. The molecule has 0 fully saturated rings. The van der Waals surface area contributed by atoms with Crippen LogP contribution in [0, 0.1) is 0 Å². The Labute approximate surface area is 99.5 Å². The van der Waals surface area contributed by atoms with E-state index < -0.39 is 0 Å². The summed E-state index contributed by atoms with van der Waals surface area (Å²) in [6, 6.07) is 8.91. The molecule has 1 aromatic rings. The summed E-state index contributed by atoms with van der Waals surface area (Å²) < 4.78 is 0. The van der Waals surface area contributed by atoms with Crippen LogP contribution in [-0.4, -0.2) is 24.5 Å². The van der Waals surface area contributed by atoms with Crippen molar-refractivity contribution in [3.05, 3.63) is 35.4 Å². The maximum Gasteiger partial charge on any atom is 0.0224 e. The first-order chi connectivity index (χ1) is 7.35. The lowest BCUT2D eigenvalue weighted by molar-refractivity contribution is 0.118. The molecule has 0 bridgehead atoms. The van der Waals surface area contributed by atoms with Crippen LogP contribution in [0.25, 0.3) is 0 Å². The molecule has 0 radical (unpaired) electrons. The summed E-state index contributed by atoms with van der Waals surface area (Å²) in [4.78, 5) is 2.38. The van der Waals surface area contributed by atoms with Crippen molar-refractivity contribution in [3.63, 3.8) is 0 Å². The third kappa shape index (κ3) is 1.78. The average Bonchev–Trinajstić information content (AvgIpc) is 2.16. The Morgan fingerprint density at radius 1 is 1.06 bits per heavy atom. The van der Waals surface area contributed by atoms with E-state index in [1.54, 1.807) is 0 Å². The Morgan fingerprint density at radius 3 is 2.31 bits per heavy atom. The number of hydrogen-bond donors (Lipinski definition) is 0. The molecule has 0 heterocycles. The molecule has 1 aromatic carbocycles. The average molecular weight is 217 g/mol. The molecule has 1 aliphatic rings. The number of hydrogen-bond acceptors (Lipinski definition) is 1. The van der Waals surface area contributed by atoms with Crippen molar-refractivity contribution in [2.24, 2.45) is 0 Å². The molecule has 0 saturated heterocycles. The van der Waals surface area contributed by atoms with Crippen LogP contribution in [0.2, 0.25) is 0 Å². The van der Waals surface area contributed by atoms with Crippen molar-refractivity contribution in [2.75, 3.05) is 14.1 Å². The van der Waals surface area contributed by atoms with E-state index in [1.807, 2.05) is 0 Å². The van der Waals surface area contributed by atoms with Gasteiger partial charge in [-0.2, -0.15) is 0 Å². The summed E-state index contributed by atoms with van der Waals surface area (Å²) >= 11 is 0. The van der Waals surface area contributed by atoms with Crippen LogP contribution >= 0.6 is 0 Å². The zero-order chi connectivity index (χ0) is 12.0.